The number of aryl methyl sites for hydroxylation is 1. The van der Waals surface area contributed by atoms with E-state index in [0.717, 1.165) is 41.6 Å². The van der Waals surface area contributed by atoms with Crippen LogP contribution in [0.3, 0.4) is 0 Å². The van der Waals surface area contributed by atoms with Crippen LogP contribution in [-0.2, 0) is 12.2 Å². The number of rotatable bonds is 8. The van der Waals surface area contributed by atoms with E-state index in [4.69, 9.17) is 23.8 Å². The van der Waals surface area contributed by atoms with Crippen LogP contribution in [0.4, 0.5) is 5.69 Å². The minimum Gasteiger partial charge on any atom is -0.362 e. The Balaban J connectivity index is 1.56. The molecule has 0 aromatic heterocycles. The molecule has 0 aliphatic heterocycles. The third-order valence-electron chi connectivity index (χ3n) is 3.55. The number of halogens is 1. The molecule has 2 N–H and O–H groups in total. The highest BCUT2D eigenvalue weighted by Crippen LogP contribution is 2.16. The van der Waals surface area contributed by atoms with Crippen molar-refractivity contribution in [3.63, 3.8) is 0 Å². The van der Waals surface area contributed by atoms with Crippen LogP contribution in [0.15, 0.2) is 48.5 Å². The highest BCUT2D eigenvalue weighted by Gasteiger charge is 1.98. The molecule has 0 saturated carbocycles. The number of anilines is 1. The second-order valence-corrected chi connectivity index (χ2v) is 7.41. The second kappa shape index (κ2) is 10.6. The predicted molar refractivity (Wildman–Crippen MR) is 112 cm³/mol. The van der Waals surface area contributed by atoms with Gasteiger partial charge in [0.25, 0.3) is 0 Å². The maximum Gasteiger partial charge on any atom is 0.170 e. The standard InChI is InChI=1S/C19H23ClN2S2/c1-2-15-6-10-18(11-7-15)22-19(23)21-12-3-13-24-14-16-4-8-17(20)9-5-16/h4-11H,2-3,12-14H2,1H3,(H2,21,22,23). The molecule has 0 bridgehead atoms. The SMILES string of the molecule is CCc1ccc(NC(=S)NCCCSCc2ccc(Cl)cc2)cc1. The zero-order valence-electron chi connectivity index (χ0n) is 13.8. The van der Waals surface area contributed by atoms with Crippen LogP contribution in [0.5, 0.6) is 0 Å². The molecule has 5 heteroatoms. The van der Waals surface area contributed by atoms with Gasteiger partial charge in [0.1, 0.15) is 0 Å². The smallest absolute Gasteiger partial charge is 0.170 e. The first kappa shape index (κ1) is 19.1. The van der Waals surface area contributed by atoms with E-state index in [1.807, 2.05) is 23.9 Å². The maximum absolute atomic E-state index is 5.88. The Morgan fingerprint density at radius 1 is 1.04 bits per heavy atom. The lowest BCUT2D eigenvalue weighted by molar-refractivity contribution is 0.854. The van der Waals surface area contributed by atoms with Gasteiger partial charge in [-0.15, -0.1) is 0 Å². The normalized spacial score (nSPS) is 10.4. The molecule has 0 unspecified atom stereocenters. The van der Waals surface area contributed by atoms with Crippen molar-refractivity contribution >= 4 is 46.4 Å². The highest BCUT2D eigenvalue weighted by molar-refractivity contribution is 7.98. The summed E-state index contributed by atoms with van der Waals surface area (Å²) >= 11 is 13.1. The Hall–Kier alpha value is -1.23. The number of nitrogens with one attached hydrogen (secondary N) is 2. The molecule has 0 aliphatic rings. The minimum atomic E-state index is 0.682. The number of hydrogen-bond donors (Lipinski definition) is 2. The van der Waals surface area contributed by atoms with Gasteiger partial charge < -0.3 is 10.6 Å². The van der Waals surface area contributed by atoms with Crippen LogP contribution < -0.4 is 10.6 Å². The largest absolute Gasteiger partial charge is 0.362 e. The minimum absolute atomic E-state index is 0.682. The Labute approximate surface area is 159 Å². The summed E-state index contributed by atoms with van der Waals surface area (Å²) in [6, 6.07) is 16.4. The van der Waals surface area contributed by atoms with Crippen molar-refractivity contribution < 1.29 is 0 Å². The van der Waals surface area contributed by atoms with Gasteiger partial charge >= 0.3 is 0 Å². The lowest BCUT2D eigenvalue weighted by Gasteiger charge is -2.11. The van der Waals surface area contributed by atoms with Crippen molar-refractivity contribution in [3.05, 3.63) is 64.7 Å². The molecular weight excluding hydrogens is 356 g/mol. The second-order valence-electron chi connectivity index (χ2n) is 5.46. The van der Waals surface area contributed by atoms with Crippen LogP contribution in [0.2, 0.25) is 5.02 Å². The molecule has 0 radical (unpaired) electrons. The van der Waals surface area contributed by atoms with Crippen LogP contribution in [0.25, 0.3) is 0 Å². The number of thiocarbonyl (C=S) groups is 1. The Morgan fingerprint density at radius 3 is 2.38 bits per heavy atom. The molecule has 2 nitrogen and oxygen atoms in total. The first-order valence-electron chi connectivity index (χ1n) is 8.13. The molecular formula is C19H23ClN2S2. The van der Waals surface area contributed by atoms with E-state index in [-0.39, 0.29) is 0 Å². The molecule has 0 aliphatic carbocycles. The van der Waals surface area contributed by atoms with Crippen LogP contribution in [-0.4, -0.2) is 17.4 Å². The topological polar surface area (TPSA) is 24.1 Å². The molecule has 2 aromatic carbocycles. The van der Waals surface area contributed by atoms with Crippen molar-refractivity contribution in [2.24, 2.45) is 0 Å². The highest BCUT2D eigenvalue weighted by atomic mass is 35.5. The van der Waals surface area contributed by atoms with Gasteiger partial charge in [-0.3, -0.25) is 0 Å². The van der Waals surface area contributed by atoms with Gasteiger partial charge in [0.15, 0.2) is 5.11 Å². The average molecular weight is 379 g/mol. The average Bonchev–Trinajstić information content (AvgIpc) is 2.60. The van der Waals surface area contributed by atoms with Crippen LogP contribution in [0.1, 0.15) is 24.5 Å². The molecule has 24 heavy (non-hydrogen) atoms. The fourth-order valence-electron chi connectivity index (χ4n) is 2.15. The van der Waals surface area contributed by atoms with E-state index in [2.05, 4.69) is 54.0 Å². The summed E-state index contributed by atoms with van der Waals surface area (Å²) in [5.41, 5.74) is 3.67. The lowest BCUT2D eigenvalue weighted by Crippen LogP contribution is -2.29. The first-order valence-corrected chi connectivity index (χ1v) is 10.1. The molecule has 0 atom stereocenters. The van der Waals surface area contributed by atoms with Crippen molar-refractivity contribution in [1.29, 1.82) is 0 Å². The third kappa shape index (κ3) is 7.12. The Morgan fingerprint density at radius 2 is 1.71 bits per heavy atom. The van der Waals surface area contributed by atoms with Crippen molar-refractivity contribution in [1.82, 2.24) is 5.32 Å². The van der Waals surface area contributed by atoms with Crippen molar-refractivity contribution in [2.45, 2.75) is 25.5 Å². The van der Waals surface area contributed by atoms with Gasteiger partial charge in [-0.2, -0.15) is 11.8 Å². The molecule has 2 rings (SSSR count). The van der Waals surface area contributed by atoms with E-state index >= 15 is 0 Å². The van der Waals surface area contributed by atoms with Crippen LogP contribution >= 0.6 is 35.6 Å². The molecule has 2 aromatic rings. The summed E-state index contributed by atoms with van der Waals surface area (Å²) in [7, 11) is 0. The van der Waals surface area contributed by atoms with E-state index in [0.29, 0.717) is 5.11 Å². The van der Waals surface area contributed by atoms with E-state index < -0.39 is 0 Å². The number of thioether (sulfide) groups is 1. The molecule has 0 heterocycles. The summed E-state index contributed by atoms with van der Waals surface area (Å²) in [6.45, 7) is 3.03. The monoisotopic (exact) mass is 378 g/mol. The van der Waals surface area contributed by atoms with Crippen molar-refractivity contribution in [3.8, 4) is 0 Å². The third-order valence-corrected chi connectivity index (χ3v) is 5.17. The Kier molecular flexibility index (Phi) is 8.43. The molecule has 0 spiro atoms. The van der Waals surface area contributed by atoms with Gasteiger partial charge in [0, 0.05) is 23.0 Å². The summed E-state index contributed by atoms with van der Waals surface area (Å²) in [5, 5.41) is 7.94. The maximum atomic E-state index is 5.88. The van der Waals surface area contributed by atoms with Gasteiger partial charge in [-0.05, 0) is 66.2 Å². The molecule has 0 saturated heterocycles. The summed E-state index contributed by atoms with van der Waals surface area (Å²) < 4.78 is 0. The van der Waals surface area contributed by atoms with Gasteiger partial charge in [-0.1, -0.05) is 42.8 Å². The first-order chi connectivity index (χ1) is 11.7. The van der Waals surface area contributed by atoms with Gasteiger partial charge in [0.05, 0.1) is 0 Å². The molecule has 0 amide bonds. The van der Waals surface area contributed by atoms with Gasteiger partial charge in [0.2, 0.25) is 0 Å². The molecule has 128 valence electrons. The van der Waals surface area contributed by atoms with Crippen molar-refractivity contribution in [2.75, 3.05) is 17.6 Å². The van der Waals surface area contributed by atoms with E-state index in [1.54, 1.807) is 0 Å². The fourth-order valence-corrected chi connectivity index (χ4v) is 3.41. The lowest BCUT2D eigenvalue weighted by atomic mass is 10.1. The fraction of sp³-hybridized carbons (Fsp3) is 0.316. The van der Waals surface area contributed by atoms with Crippen LogP contribution in [0, 0.1) is 0 Å². The van der Waals surface area contributed by atoms with E-state index in [9.17, 15) is 0 Å². The zero-order chi connectivity index (χ0) is 17.2. The quantitative estimate of drug-likeness (QED) is 0.467. The Bertz CT molecular complexity index is 627. The van der Waals surface area contributed by atoms with Gasteiger partial charge in [-0.25, -0.2) is 0 Å². The van der Waals surface area contributed by atoms with E-state index in [1.165, 1.54) is 11.1 Å². The number of benzene rings is 2. The summed E-state index contributed by atoms with van der Waals surface area (Å²) in [6.07, 6.45) is 2.13. The molecule has 0 fully saturated rings. The summed E-state index contributed by atoms with van der Waals surface area (Å²) in [5.74, 6) is 2.12. The predicted octanol–water partition coefficient (Wildman–Crippen LogP) is 5.51. The summed E-state index contributed by atoms with van der Waals surface area (Å²) in [4.78, 5) is 0. The zero-order valence-corrected chi connectivity index (χ0v) is 16.2. The number of hydrogen-bond acceptors (Lipinski definition) is 2.